The van der Waals surface area contributed by atoms with Crippen LogP contribution in [-0.4, -0.2) is 41.7 Å². The van der Waals surface area contributed by atoms with Gasteiger partial charge in [0.15, 0.2) is 0 Å². The molecule has 0 saturated heterocycles. The molecule has 0 aliphatic heterocycles. The predicted molar refractivity (Wildman–Crippen MR) is 68.6 cm³/mol. The van der Waals surface area contributed by atoms with E-state index in [1.54, 1.807) is 0 Å². The highest BCUT2D eigenvalue weighted by atomic mass is 28.4. The fraction of sp³-hybridized carbons (Fsp3) is 1.00. The molecule has 0 atom stereocenters. The van der Waals surface area contributed by atoms with Gasteiger partial charge in [0.1, 0.15) is 0 Å². The fourth-order valence-electron chi connectivity index (χ4n) is 1.54. The molecule has 0 spiro atoms. The highest BCUT2D eigenvalue weighted by molar-refractivity contribution is 6.60. The SMILES string of the molecule is CCCNCC[Si](OCC)(OCC)OCC. The molecule has 0 aromatic carbocycles. The maximum Gasteiger partial charge on any atom is 0.502 e. The van der Waals surface area contributed by atoms with Crippen LogP contribution in [0.1, 0.15) is 34.1 Å². The topological polar surface area (TPSA) is 39.7 Å². The minimum Gasteiger partial charge on any atom is -0.374 e. The molecule has 5 heteroatoms. The summed E-state index contributed by atoms with van der Waals surface area (Å²) in [4.78, 5) is 0. The Morgan fingerprint density at radius 1 is 0.812 bits per heavy atom. The van der Waals surface area contributed by atoms with E-state index < -0.39 is 8.80 Å². The van der Waals surface area contributed by atoms with E-state index in [0.717, 1.165) is 25.6 Å². The van der Waals surface area contributed by atoms with Crippen LogP contribution >= 0.6 is 0 Å². The Labute approximate surface area is 101 Å². The van der Waals surface area contributed by atoms with E-state index in [0.29, 0.717) is 19.8 Å². The standard InChI is InChI=1S/C11H27NO3Si/c1-5-9-12-10-11-16(13-6-2,14-7-3)15-8-4/h12H,5-11H2,1-4H3. The molecule has 0 aromatic rings. The van der Waals surface area contributed by atoms with Gasteiger partial charge in [0.2, 0.25) is 0 Å². The summed E-state index contributed by atoms with van der Waals surface area (Å²) < 4.78 is 17.2. The molecule has 16 heavy (non-hydrogen) atoms. The van der Waals surface area contributed by atoms with Crippen molar-refractivity contribution in [2.24, 2.45) is 0 Å². The van der Waals surface area contributed by atoms with Crippen molar-refractivity contribution in [2.45, 2.75) is 40.2 Å². The van der Waals surface area contributed by atoms with Gasteiger partial charge in [-0.3, -0.25) is 0 Å². The zero-order valence-electron chi connectivity index (χ0n) is 11.2. The highest BCUT2D eigenvalue weighted by Crippen LogP contribution is 2.15. The molecule has 0 aromatic heterocycles. The molecule has 1 N–H and O–H groups in total. The van der Waals surface area contributed by atoms with Crippen LogP contribution in [-0.2, 0) is 13.3 Å². The molecule has 0 rings (SSSR count). The van der Waals surface area contributed by atoms with Crippen LogP contribution in [0, 0.1) is 0 Å². The van der Waals surface area contributed by atoms with Crippen molar-refractivity contribution in [1.82, 2.24) is 5.32 Å². The summed E-state index contributed by atoms with van der Waals surface area (Å²) in [5.74, 6) is 0. The first-order chi connectivity index (χ1) is 7.74. The predicted octanol–water partition coefficient (Wildman–Crippen LogP) is 2.03. The second-order valence-corrected chi connectivity index (χ2v) is 6.21. The van der Waals surface area contributed by atoms with Crippen molar-refractivity contribution in [3.05, 3.63) is 0 Å². The van der Waals surface area contributed by atoms with Gasteiger partial charge in [-0.05, 0) is 40.3 Å². The van der Waals surface area contributed by atoms with E-state index in [2.05, 4.69) is 12.2 Å². The largest absolute Gasteiger partial charge is 0.502 e. The lowest BCUT2D eigenvalue weighted by Crippen LogP contribution is -2.48. The van der Waals surface area contributed by atoms with Crippen molar-refractivity contribution >= 4 is 8.80 Å². The lowest BCUT2D eigenvalue weighted by Gasteiger charge is -2.28. The molecule has 0 saturated carbocycles. The van der Waals surface area contributed by atoms with Crippen molar-refractivity contribution in [1.29, 1.82) is 0 Å². The average Bonchev–Trinajstić information content (AvgIpc) is 2.26. The molecular weight excluding hydrogens is 222 g/mol. The van der Waals surface area contributed by atoms with Gasteiger partial charge in [0, 0.05) is 25.9 Å². The van der Waals surface area contributed by atoms with Gasteiger partial charge in [-0.2, -0.15) is 0 Å². The molecule has 0 aliphatic rings. The first kappa shape index (κ1) is 16.1. The summed E-state index contributed by atoms with van der Waals surface area (Å²) in [6.45, 7) is 12.0. The molecule has 0 aliphatic carbocycles. The quantitative estimate of drug-likeness (QED) is 0.449. The molecule has 0 unspecified atom stereocenters. The first-order valence-electron chi connectivity index (χ1n) is 6.37. The second-order valence-electron chi connectivity index (χ2n) is 3.48. The highest BCUT2D eigenvalue weighted by Gasteiger charge is 2.39. The molecule has 98 valence electrons. The van der Waals surface area contributed by atoms with Crippen LogP contribution in [0.25, 0.3) is 0 Å². The van der Waals surface area contributed by atoms with Gasteiger partial charge in [-0.1, -0.05) is 6.92 Å². The summed E-state index contributed by atoms with van der Waals surface area (Å²) >= 11 is 0. The van der Waals surface area contributed by atoms with E-state index in [4.69, 9.17) is 13.3 Å². The molecule has 0 amide bonds. The Morgan fingerprint density at radius 3 is 1.69 bits per heavy atom. The third-order valence-electron chi connectivity index (χ3n) is 2.13. The van der Waals surface area contributed by atoms with Gasteiger partial charge in [0.05, 0.1) is 0 Å². The van der Waals surface area contributed by atoms with Gasteiger partial charge in [-0.15, -0.1) is 0 Å². The summed E-state index contributed by atoms with van der Waals surface area (Å²) in [5.41, 5.74) is 0. The Morgan fingerprint density at radius 2 is 1.31 bits per heavy atom. The van der Waals surface area contributed by atoms with Gasteiger partial charge < -0.3 is 18.6 Å². The van der Waals surface area contributed by atoms with Crippen molar-refractivity contribution in [3.8, 4) is 0 Å². The van der Waals surface area contributed by atoms with Gasteiger partial charge >= 0.3 is 8.80 Å². The molecule has 0 bridgehead atoms. The van der Waals surface area contributed by atoms with E-state index in [-0.39, 0.29) is 0 Å². The molecule has 0 radical (unpaired) electrons. The maximum atomic E-state index is 5.75. The molecule has 0 heterocycles. The van der Waals surface area contributed by atoms with E-state index in [1.165, 1.54) is 0 Å². The summed E-state index contributed by atoms with van der Waals surface area (Å²) in [6.07, 6.45) is 1.15. The van der Waals surface area contributed by atoms with Gasteiger partial charge in [-0.25, -0.2) is 0 Å². The average molecular weight is 249 g/mol. The maximum absolute atomic E-state index is 5.75. The van der Waals surface area contributed by atoms with Crippen LogP contribution in [0.3, 0.4) is 0 Å². The molecular formula is C11H27NO3Si. The second kappa shape index (κ2) is 10.2. The van der Waals surface area contributed by atoms with Crippen LogP contribution in [0.2, 0.25) is 6.04 Å². The summed E-state index contributed by atoms with van der Waals surface area (Å²) in [5, 5.41) is 3.36. The Kier molecular flexibility index (Phi) is 10.3. The Balaban J connectivity index is 4.12. The number of hydrogen-bond acceptors (Lipinski definition) is 4. The van der Waals surface area contributed by atoms with E-state index >= 15 is 0 Å². The Hall–Kier alpha value is 0.0569. The Bertz CT molecular complexity index is 141. The van der Waals surface area contributed by atoms with E-state index in [9.17, 15) is 0 Å². The summed E-state index contributed by atoms with van der Waals surface area (Å²) in [6, 6.07) is 0.850. The van der Waals surface area contributed by atoms with E-state index in [1.807, 2.05) is 20.8 Å². The zero-order chi connectivity index (χ0) is 12.3. The lowest BCUT2D eigenvalue weighted by atomic mass is 10.5. The van der Waals surface area contributed by atoms with Crippen molar-refractivity contribution in [2.75, 3.05) is 32.9 Å². The summed E-state index contributed by atoms with van der Waals surface area (Å²) in [7, 11) is -2.41. The molecule has 0 fully saturated rings. The third kappa shape index (κ3) is 6.60. The third-order valence-corrected chi connectivity index (χ3v) is 5.18. The van der Waals surface area contributed by atoms with Crippen molar-refractivity contribution in [3.63, 3.8) is 0 Å². The van der Waals surface area contributed by atoms with Crippen LogP contribution < -0.4 is 5.32 Å². The van der Waals surface area contributed by atoms with Crippen LogP contribution in [0.4, 0.5) is 0 Å². The minimum absolute atomic E-state index is 0.653. The zero-order valence-corrected chi connectivity index (χ0v) is 12.2. The lowest BCUT2D eigenvalue weighted by molar-refractivity contribution is 0.0714. The first-order valence-corrected chi connectivity index (χ1v) is 8.30. The van der Waals surface area contributed by atoms with Crippen LogP contribution in [0.15, 0.2) is 0 Å². The number of rotatable bonds is 11. The van der Waals surface area contributed by atoms with Crippen LogP contribution in [0.5, 0.6) is 0 Å². The number of nitrogens with one attached hydrogen (secondary N) is 1. The van der Waals surface area contributed by atoms with Crippen molar-refractivity contribution < 1.29 is 13.3 Å². The minimum atomic E-state index is -2.41. The smallest absolute Gasteiger partial charge is 0.374 e. The normalized spacial score (nSPS) is 12.0. The number of hydrogen-bond donors (Lipinski definition) is 1. The fourth-order valence-corrected chi connectivity index (χ4v) is 4.03. The monoisotopic (exact) mass is 249 g/mol. The van der Waals surface area contributed by atoms with Gasteiger partial charge in [0.25, 0.3) is 0 Å². The molecule has 4 nitrogen and oxygen atoms in total.